The van der Waals surface area contributed by atoms with E-state index in [1.165, 1.54) is 18.5 Å². The van der Waals surface area contributed by atoms with Gasteiger partial charge in [0.05, 0.1) is 22.7 Å². The summed E-state index contributed by atoms with van der Waals surface area (Å²) in [5.41, 5.74) is 13.4. The smallest absolute Gasteiger partial charge is 0.151 e. The first-order valence-corrected chi connectivity index (χ1v) is 11.2. The van der Waals surface area contributed by atoms with Gasteiger partial charge in [0.25, 0.3) is 0 Å². The van der Waals surface area contributed by atoms with Crippen molar-refractivity contribution in [2.75, 3.05) is 11.5 Å². The van der Waals surface area contributed by atoms with Gasteiger partial charge in [-0.25, -0.2) is 18.9 Å². The van der Waals surface area contributed by atoms with Gasteiger partial charge in [-0.3, -0.25) is 0 Å². The van der Waals surface area contributed by atoms with Gasteiger partial charge in [0.15, 0.2) is 5.82 Å². The molecule has 1 aliphatic rings. The molecule has 0 bridgehead atoms. The number of benzene rings is 1. The van der Waals surface area contributed by atoms with Gasteiger partial charge in [-0.05, 0) is 55.2 Å². The summed E-state index contributed by atoms with van der Waals surface area (Å²) in [6.07, 6.45) is 2.26. The molecule has 0 radical (unpaired) electrons. The fourth-order valence-corrected chi connectivity index (χ4v) is 5.25. The summed E-state index contributed by atoms with van der Waals surface area (Å²) >= 11 is 5.98. The van der Waals surface area contributed by atoms with Gasteiger partial charge >= 0.3 is 0 Å². The van der Waals surface area contributed by atoms with Crippen LogP contribution in [0.15, 0.2) is 49.3 Å². The highest BCUT2D eigenvalue weighted by atomic mass is 35.5. The molecule has 3 heterocycles. The molecule has 0 aliphatic heterocycles. The third-order valence-corrected chi connectivity index (χ3v) is 7.33. The van der Waals surface area contributed by atoms with Gasteiger partial charge in [0.2, 0.25) is 0 Å². The van der Waals surface area contributed by atoms with Crippen molar-refractivity contribution in [3.63, 3.8) is 0 Å². The van der Waals surface area contributed by atoms with E-state index in [-0.39, 0.29) is 10.8 Å². The first kappa shape index (κ1) is 22.5. The van der Waals surface area contributed by atoms with E-state index >= 15 is 0 Å². The van der Waals surface area contributed by atoms with Crippen LogP contribution in [0, 0.1) is 11.2 Å². The molecular formula is C24H24ClFN6O2. The maximum atomic E-state index is 14.7. The molecule has 1 aromatic carbocycles. The molecule has 1 saturated carbocycles. The quantitative estimate of drug-likeness (QED) is 0.320. The summed E-state index contributed by atoms with van der Waals surface area (Å²) in [5, 5.41) is 26.8. The van der Waals surface area contributed by atoms with Crippen LogP contribution in [0.2, 0.25) is 5.02 Å². The maximum Gasteiger partial charge on any atom is 0.151 e. The fourth-order valence-electron chi connectivity index (χ4n) is 5.10. The lowest BCUT2D eigenvalue weighted by Crippen LogP contribution is -2.35. The molecule has 8 nitrogen and oxygen atoms in total. The SMILES string of the molecule is C=C[C@]1(CCc2cc(F)c3cc(Cl)c(N)nc3c2)C[C@@H](c2ccc3c(N)ncnn23)[C@H](O)[C@@H]1O. The number of rotatable bonds is 5. The Balaban J connectivity index is 1.44. The van der Waals surface area contributed by atoms with Crippen LogP contribution in [0.25, 0.3) is 16.4 Å². The highest BCUT2D eigenvalue weighted by Gasteiger charge is 2.51. The number of hydrogen-bond acceptors (Lipinski definition) is 7. The minimum Gasteiger partial charge on any atom is -0.390 e. The van der Waals surface area contributed by atoms with Gasteiger partial charge in [-0.15, -0.1) is 6.58 Å². The predicted octanol–water partition coefficient (Wildman–Crippen LogP) is 3.25. The lowest BCUT2D eigenvalue weighted by Gasteiger charge is -2.30. The summed E-state index contributed by atoms with van der Waals surface area (Å²) in [4.78, 5) is 8.19. The van der Waals surface area contributed by atoms with Crippen molar-refractivity contribution < 1.29 is 14.6 Å². The average Bonchev–Trinajstić information content (AvgIpc) is 3.35. The molecule has 5 rings (SSSR count). The zero-order chi connectivity index (χ0) is 24.2. The van der Waals surface area contributed by atoms with Crippen LogP contribution < -0.4 is 11.5 Å². The third-order valence-electron chi connectivity index (χ3n) is 7.03. The number of aryl methyl sites for hydroxylation is 1. The normalized spacial score (nSPS) is 24.8. The summed E-state index contributed by atoms with van der Waals surface area (Å²) in [6.45, 7) is 3.95. The molecule has 34 heavy (non-hydrogen) atoms. The Labute approximate surface area is 199 Å². The van der Waals surface area contributed by atoms with Crippen molar-refractivity contribution in [3.8, 4) is 0 Å². The number of halogens is 2. The van der Waals surface area contributed by atoms with Crippen LogP contribution in [0.3, 0.4) is 0 Å². The summed E-state index contributed by atoms with van der Waals surface area (Å²) in [7, 11) is 0. The minimum absolute atomic E-state index is 0.134. The first-order chi connectivity index (χ1) is 16.2. The number of anilines is 2. The fraction of sp³-hybridized carbons (Fsp3) is 0.292. The Morgan fingerprint density at radius 3 is 2.79 bits per heavy atom. The first-order valence-electron chi connectivity index (χ1n) is 10.9. The number of nitrogens with zero attached hydrogens (tertiary/aromatic N) is 4. The second-order valence-electron chi connectivity index (χ2n) is 8.88. The molecule has 4 atom stereocenters. The maximum absolute atomic E-state index is 14.7. The van der Waals surface area contributed by atoms with Crippen molar-refractivity contribution in [2.24, 2.45) is 5.41 Å². The van der Waals surface area contributed by atoms with E-state index in [2.05, 4.69) is 21.6 Å². The number of hydrogen-bond donors (Lipinski definition) is 4. The third kappa shape index (κ3) is 3.48. The van der Waals surface area contributed by atoms with Crippen LogP contribution in [0.1, 0.15) is 30.0 Å². The van der Waals surface area contributed by atoms with Crippen molar-refractivity contribution in [3.05, 3.63) is 71.4 Å². The lowest BCUT2D eigenvalue weighted by atomic mass is 9.78. The number of aliphatic hydroxyl groups excluding tert-OH is 2. The van der Waals surface area contributed by atoms with E-state index < -0.39 is 29.4 Å². The summed E-state index contributed by atoms with van der Waals surface area (Å²) < 4.78 is 16.4. The van der Waals surface area contributed by atoms with Crippen LogP contribution in [-0.4, -0.2) is 42.0 Å². The molecule has 6 N–H and O–H groups in total. The van der Waals surface area contributed by atoms with Crippen LogP contribution >= 0.6 is 11.6 Å². The van der Waals surface area contributed by atoms with E-state index in [0.717, 1.165) is 5.69 Å². The average molecular weight is 483 g/mol. The summed E-state index contributed by atoms with van der Waals surface area (Å²) in [6, 6.07) is 8.28. The van der Waals surface area contributed by atoms with Crippen LogP contribution in [0.5, 0.6) is 0 Å². The van der Waals surface area contributed by atoms with E-state index in [9.17, 15) is 14.6 Å². The summed E-state index contributed by atoms with van der Waals surface area (Å²) in [5.74, 6) is -0.384. The Morgan fingerprint density at radius 1 is 1.24 bits per heavy atom. The van der Waals surface area contributed by atoms with Gasteiger partial charge in [0.1, 0.15) is 23.5 Å². The Morgan fingerprint density at radius 2 is 2.03 bits per heavy atom. The Kier molecular flexibility index (Phi) is 5.43. The number of aromatic nitrogens is 4. The Bertz CT molecular complexity index is 1430. The van der Waals surface area contributed by atoms with Gasteiger partial charge in [-0.1, -0.05) is 17.7 Å². The molecule has 0 saturated heterocycles. The molecule has 10 heteroatoms. The van der Waals surface area contributed by atoms with Crippen molar-refractivity contribution >= 4 is 39.7 Å². The number of fused-ring (bicyclic) bond motifs is 2. The zero-order valence-electron chi connectivity index (χ0n) is 18.2. The largest absolute Gasteiger partial charge is 0.390 e. The van der Waals surface area contributed by atoms with E-state index in [1.54, 1.807) is 22.7 Å². The highest BCUT2D eigenvalue weighted by molar-refractivity contribution is 6.33. The molecule has 1 aliphatic carbocycles. The van der Waals surface area contributed by atoms with Crippen molar-refractivity contribution in [1.82, 2.24) is 19.6 Å². The van der Waals surface area contributed by atoms with Crippen molar-refractivity contribution in [2.45, 2.75) is 37.4 Å². The van der Waals surface area contributed by atoms with Gasteiger partial charge in [-0.2, -0.15) is 5.10 Å². The standard InChI is InChI=1S/C24H24ClFN6O2/c1-2-24(6-5-12-7-16(26)13-9-15(25)22(27)31-17(13)8-12)10-14(20(33)21(24)34)18-3-4-19-23(28)29-11-30-32(18)19/h2-4,7-9,11,14,20-21,33-34H,1,5-6,10H2,(H2,27,31)(H2,28,29,30)/t14-,20-,21-,24-/m0/s1. The van der Waals surface area contributed by atoms with Crippen LogP contribution in [-0.2, 0) is 6.42 Å². The molecule has 0 spiro atoms. The minimum atomic E-state index is -1.06. The molecular weight excluding hydrogens is 459 g/mol. The second kappa shape index (κ2) is 8.19. The highest BCUT2D eigenvalue weighted by Crippen LogP contribution is 2.50. The molecule has 0 unspecified atom stereocenters. The van der Waals surface area contributed by atoms with Crippen molar-refractivity contribution in [1.29, 1.82) is 0 Å². The molecule has 1 fully saturated rings. The van der Waals surface area contributed by atoms with Gasteiger partial charge < -0.3 is 21.7 Å². The van der Waals surface area contributed by atoms with Crippen LogP contribution in [0.4, 0.5) is 16.0 Å². The predicted molar refractivity (Wildman–Crippen MR) is 129 cm³/mol. The Hall–Kier alpha value is -3.27. The number of nitrogens with two attached hydrogens (primary N) is 2. The lowest BCUT2D eigenvalue weighted by molar-refractivity contribution is -0.00969. The van der Waals surface area contributed by atoms with E-state index in [1.807, 2.05) is 6.07 Å². The molecule has 4 aromatic rings. The number of aliphatic hydroxyl groups is 2. The molecule has 3 aromatic heterocycles. The second-order valence-corrected chi connectivity index (χ2v) is 9.29. The topological polar surface area (TPSA) is 136 Å². The number of nitrogen functional groups attached to an aromatic ring is 2. The monoisotopic (exact) mass is 482 g/mol. The number of pyridine rings is 1. The van der Waals surface area contributed by atoms with E-state index in [0.29, 0.717) is 47.1 Å². The molecule has 176 valence electrons. The van der Waals surface area contributed by atoms with E-state index in [4.69, 9.17) is 23.1 Å². The molecule has 0 amide bonds. The van der Waals surface area contributed by atoms with Gasteiger partial charge in [0, 0.05) is 22.4 Å². The zero-order valence-corrected chi connectivity index (χ0v) is 19.0.